The first-order valence-corrected chi connectivity index (χ1v) is 7.77. The molecule has 1 N–H and O–H groups in total. The summed E-state index contributed by atoms with van der Waals surface area (Å²) in [7, 11) is 0. The molecular weight excluding hydrogens is 323 g/mol. The van der Waals surface area contributed by atoms with E-state index in [-0.39, 0.29) is 24.8 Å². The number of para-hydroxylation sites is 1. The highest BCUT2D eigenvalue weighted by Gasteiger charge is 2.36. The Bertz CT molecular complexity index is 491. The fourth-order valence-corrected chi connectivity index (χ4v) is 3.65. The smallest absolute Gasteiger partial charge is 0.231 e. The molecule has 1 aromatic rings. The number of ether oxygens (including phenoxy) is 2. The van der Waals surface area contributed by atoms with E-state index < -0.39 is 0 Å². The average molecular weight is 347 g/mol. The minimum Gasteiger partial charge on any atom is -0.454 e. The van der Waals surface area contributed by atoms with E-state index in [1.807, 2.05) is 6.07 Å². The number of rotatable bonds is 3. The molecule has 0 spiro atoms. The topological polar surface area (TPSA) is 33.7 Å². The average Bonchev–Trinajstić information content (AvgIpc) is 2.92. The van der Waals surface area contributed by atoms with Crippen LogP contribution < -0.4 is 14.8 Å². The number of fused-ring (bicyclic) bond motifs is 1. The van der Waals surface area contributed by atoms with Crippen molar-refractivity contribution in [2.24, 2.45) is 5.92 Å². The van der Waals surface area contributed by atoms with Gasteiger partial charge in [-0.25, -0.2) is 0 Å². The first-order chi connectivity index (χ1) is 9.93. The summed E-state index contributed by atoms with van der Waals surface area (Å²) in [5.41, 5.74) is 1.34. The van der Waals surface area contributed by atoms with Crippen molar-refractivity contribution in [3.05, 3.63) is 23.8 Å². The molecule has 2 aliphatic heterocycles. The maximum absolute atomic E-state index is 5.76. The molecule has 0 aromatic heterocycles. The first kappa shape index (κ1) is 17.7. The summed E-state index contributed by atoms with van der Waals surface area (Å²) in [5.74, 6) is 2.69. The second-order valence-electron chi connectivity index (χ2n) is 6.00. The van der Waals surface area contributed by atoms with Crippen LogP contribution in [0.25, 0.3) is 0 Å². The van der Waals surface area contributed by atoms with Crippen LogP contribution in [-0.4, -0.2) is 37.9 Å². The zero-order valence-corrected chi connectivity index (χ0v) is 14.3. The van der Waals surface area contributed by atoms with Gasteiger partial charge in [-0.05, 0) is 24.8 Å². The lowest BCUT2D eigenvalue weighted by molar-refractivity contribution is 0.0809. The first-order valence-electron chi connectivity index (χ1n) is 7.77. The highest BCUT2D eigenvalue weighted by Crippen LogP contribution is 2.47. The molecule has 4 nitrogen and oxygen atoms in total. The van der Waals surface area contributed by atoms with Crippen LogP contribution in [0.2, 0.25) is 0 Å². The van der Waals surface area contributed by atoms with Crippen molar-refractivity contribution < 1.29 is 9.47 Å². The number of benzene rings is 1. The lowest BCUT2D eigenvalue weighted by atomic mass is 9.76. The zero-order chi connectivity index (χ0) is 13.4. The molecule has 2 heterocycles. The summed E-state index contributed by atoms with van der Waals surface area (Å²) in [5, 5.41) is 3.45. The van der Waals surface area contributed by atoms with Gasteiger partial charge in [0.2, 0.25) is 6.79 Å². The van der Waals surface area contributed by atoms with Gasteiger partial charge < -0.3 is 14.8 Å². The third-order valence-corrected chi connectivity index (χ3v) is 4.89. The zero-order valence-electron chi connectivity index (χ0n) is 12.6. The van der Waals surface area contributed by atoms with Crippen LogP contribution in [0, 0.1) is 5.92 Å². The van der Waals surface area contributed by atoms with Crippen LogP contribution >= 0.6 is 24.8 Å². The van der Waals surface area contributed by atoms with Gasteiger partial charge in [-0.15, -0.1) is 24.8 Å². The maximum Gasteiger partial charge on any atom is 0.231 e. The van der Waals surface area contributed by atoms with Gasteiger partial charge in [0, 0.05) is 37.8 Å². The Hall–Kier alpha value is -0.680. The maximum atomic E-state index is 5.76. The Morgan fingerprint density at radius 3 is 2.55 bits per heavy atom. The van der Waals surface area contributed by atoms with Gasteiger partial charge in [0.15, 0.2) is 11.5 Å². The van der Waals surface area contributed by atoms with Crippen LogP contribution in [-0.2, 0) is 0 Å². The molecule has 1 saturated heterocycles. The van der Waals surface area contributed by atoms with E-state index >= 15 is 0 Å². The van der Waals surface area contributed by atoms with Gasteiger partial charge in [-0.2, -0.15) is 0 Å². The Morgan fingerprint density at radius 1 is 1.09 bits per heavy atom. The van der Waals surface area contributed by atoms with Crippen molar-refractivity contribution in [2.75, 3.05) is 33.0 Å². The summed E-state index contributed by atoms with van der Waals surface area (Å²) in [6, 6.07) is 6.86. The quantitative estimate of drug-likeness (QED) is 0.912. The van der Waals surface area contributed by atoms with Crippen LogP contribution in [0.4, 0.5) is 0 Å². The molecule has 124 valence electrons. The molecule has 1 atom stereocenters. The Labute approximate surface area is 144 Å². The molecule has 0 radical (unpaired) electrons. The molecule has 0 unspecified atom stereocenters. The van der Waals surface area contributed by atoms with Crippen molar-refractivity contribution in [2.45, 2.75) is 25.3 Å². The van der Waals surface area contributed by atoms with Crippen molar-refractivity contribution >= 4 is 24.8 Å². The van der Waals surface area contributed by atoms with Gasteiger partial charge in [0.1, 0.15) is 0 Å². The van der Waals surface area contributed by atoms with Gasteiger partial charge in [-0.3, -0.25) is 4.90 Å². The van der Waals surface area contributed by atoms with Crippen molar-refractivity contribution in [1.82, 2.24) is 10.2 Å². The highest BCUT2D eigenvalue weighted by molar-refractivity contribution is 5.85. The fraction of sp³-hybridized carbons (Fsp3) is 0.625. The predicted octanol–water partition coefficient (Wildman–Crippen LogP) is 3.01. The lowest BCUT2D eigenvalue weighted by Gasteiger charge is -2.43. The number of hydrogen-bond donors (Lipinski definition) is 1. The number of nitrogens with one attached hydrogen (secondary N) is 1. The summed E-state index contributed by atoms with van der Waals surface area (Å²) in [4.78, 5) is 2.64. The number of hydrogen-bond acceptors (Lipinski definition) is 4. The number of piperazine rings is 1. The molecule has 2 fully saturated rings. The molecule has 1 aromatic carbocycles. The second kappa shape index (κ2) is 7.73. The molecule has 6 heteroatoms. The Morgan fingerprint density at radius 2 is 1.86 bits per heavy atom. The SMILES string of the molecule is Cl.Cl.c1cc2c(c([C@@H](C3CCC3)N3CCNCC3)c1)OCO2. The van der Waals surface area contributed by atoms with Crippen molar-refractivity contribution in [3.8, 4) is 11.5 Å². The van der Waals surface area contributed by atoms with E-state index in [9.17, 15) is 0 Å². The molecule has 0 bridgehead atoms. The second-order valence-corrected chi connectivity index (χ2v) is 6.00. The Balaban J connectivity index is 0.000000882. The molecule has 22 heavy (non-hydrogen) atoms. The largest absolute Gasteiger partial charge is 0.454 e. The van der Waals surface area contributed by atoms with Crippen LogP contribution in [0.15, 0.2) is 18.2 Å². The van der Waals surface area contributed by atoms with E-state index in [4.69, 9.17) is 9.47 Å². The van der Waals surface area contributed by atoms with Crippen molar-refractivity contribution in [3.63, 3.8) is 0 Å². The molecule has 1 saturated carbocycles. The molecule has 4 rings (SSSR count). The summed E-state index contributed by atoms with van der Waals surface area (Å²) >= 11 is 0. The van der Waals surface area contributed by atoms with E-state index in [0.29, 0.717) is 12.8 Å². The summed E-state index contributed by atoms with van der Waals surface area (Å²) in [6.45, 7) is 4.81. The lowest BCUT2D eigenvalue weighted by Crippen LogP contribution is -2.47. The van der Waals surface area contributed by atoms with E-state index in [2.05, 4.69) is 22.3 Å². The minimum absolute atomic E-state index is 0. The number of halogens is 2. The van der Waals surface area contributed by atoms with E-state index in [0.717, 1.165) is 43.6 Å². The van der Waals surface area contributed by atoms with Crippen LogP contribution in [0.5, 0.6) is 11.5 Å². The monoisotopic (exact) mass is 346 g/mol. The van der Waals surface area contributed by atoms with Crippen LogP contribution in [0.1, 0.15) is 30.9 Å². The van der Waals surface area contributed by atoms with E-state index in [1.165, 1.54) is 24.8 Å². The Kier molecular flexibility index (Phi) is 6.21. The third-order valence-electron chi connectivity index (χ3n) is 4.89. The molecular formula is C16H24Cl2N2O2. The third kappa shape index (κ3) is 3.16. The highest BCUT2D eigenvalue weighted by atomic mass is 35.5. The van der Waals surface area contributed by atoms with Gasteiger partial charge in [0.05, 0.1) is 0 Å². The van der Waals surface area contributed by atoms with Gasteiger partial charge in [0.25, 0.3) is 0 Å². The molecule has 0 amide bonds. The van der Waals surface area contributed by atoms with Crippen LogP contribution in [0.3, 0.4) is 0 Å². The minimum atomic E-state index is 0. The van der Waals surface area contributed by atoms with E-state index in [1.54, 1.807) is 0 Å². The fourth-order valence-electron chi connectivity index (χ4n) is 3.65. The normalized spacial score (nSPS) is 22.2. The summed E-state index contributed by atoms with van der Waals surface area (Å²) in [6.07, 6.45) is 4.07. The van der Waals surface area contributed by atoms with Crippen molar-refractivity contribution in [1.29, 1.82) is 0 Å². The number of nitrogens with zero attached hydrogens (tertiary/aromatic N) is 1. The standard InChI is InChI=1S/C16H22N2O2.2ClH/c1-3-12(4-1)15(18-9-7-17-8-10-18)13-5-2-6-14-16(13)20-11-19-14;;/h2,5-6,12,15,17H,1,3-4,7-11H2;2*1H/t15-;;/m1../s1. The van der Waals surface area contributed by atoms with Gasteiger partial charge in [-0.1, -0.05) is 18.6 Å². The molecule has 3 aliphatic rings. The molecule has 1 aliphatic carbocycles. The summed E-state index contributed by atoms with van der Waals surface area (Å²) < 4.78 is 11.3. The van der Waals surface area contributed by atoms with Gasteiger partial charge >= 0.3 is 0 Å². The predicted molar refractivity (Wildman–Crippen MR) is 91.6 cm³/mol.